The van der Waals surface area contributed by atoms with Crippen LogP contribution in [0.4, 0.5) is 25.0 Å². The molecule has 5 rings (SSSR count). The van der Waals surface area contributed by atoms with Crippen LogP contribution in [-0.2, 0) is 0 Å². The van der Waals surface area contributed by atoms with Crippen molar-refractivity contribution in [2.75, 3.05) is 10.6 Å². The van der Waals surface area contributed by atoms with E-state index in [1.807, 2.05) is 19.1 Å². The van der Waals surface area contributed by atoms with Crippen molar-refractivity contribution in [1.82, 2.24) is 15.0 Å². The Labute approximate surface area is 210 Å². The molecular weight excluding hydrogens is 476 g/mol. The average molecular weight is 495 g/mol. The van der Waals surface area contributed by atoms with E-state index in [4.69, 9.17) is 0 Å². The highest BCUT2D eigenvalue weighted by Crippen LogP contribution is 2.23. The Bertz CT molecular complexity index is 1660. The fourth-order valence-electron chi connectivity index (χ4n) is 3.70. The number of nitrogens with zero attached hydrogens (tertiary/aromatic N) is 3. The Morgan fingerprint density at radius 1 is 0.784 bits per heavy atom. The van der Waals surface area contributed by atoms with Crippen molar-refractivity contribution >= 4 is 34.2 Å². The maximum absolute atomic E-state index is 14.9. The molecule has 0 fully saturated rings. The van der Waals surface area contributed by atoms with Crippen LogP contribution in [-0.4, -0.2) is 26.8 Å². The second kappa shape index (κ2) is 9.90. The number of hydrogen-bond donors (Lipinski definition) is 2. The first kappa shape index (κ1) is 23.7. The van der Waals surface area contributed by atoms with E-state index in [0.717, 1.165) is 23.4 Å². The molecule has 2 N–H and O–H groups in total. The number of pyridine rings is 1. The third-order valence-electron chi connectivity index (χ3n) is 5.57. The van der Waals surface area contributed by atoms with Gasteiger partial charge in [0.05, 0.1) is 28.5 Å². The van der Waals surface area contributed by atoms with Gasteiger partial charge in [-0.25, -0.2) is 18.6 Å². The molecule has 2 heterocycles. The van der Waals surface area contributed by atoms with E-state index in [0.29, 0.717) is 16.7 Å². The molecular formula is C28H19F2N5O2. The molecule has 0 aliphatic carbocycles. The summed E-state index contributed by atoms with van der Waals surface area (Å²) in [6, 6.07) is 16.9. The van der Waals surface area contributed by atoms with Crippen LogP contribution in [0, 0.1) is 18.6 Å². The Balaban J connectivity index is 1.35. The van der Waals surface area contributed by atoms with Crippen LogP contribution in [0.3, 0.4) is 0 Å². The monoisotopic (exact) mass is 495 g/mol. The lowest BCUT2D eigenvalue weighted by Crippen LogP contribution is -2.19. The lowest BCUT2D eigenvalue weighted by atomic mass is 10.0. The molecule has 2 amide bonds. The molecule has 0 atom stereocenters. The number of aryl methyl sites for hydroxylation is 1. The first-order chi connectivity index (χ1) is 17.9. The van der Waals surface area contributed by atoms with Gasteiger partial charge in [-0.15, -0.1) is 0 Å². The quantitative estimate of drug-likeness (QED) is 0.285. The maximum atomic E-state index is 14.9. The SMILES string of the molecule is Cc1ccc(-c2cnc3ccc(C(=O)c4ccc(NC(=O)Nc5cccc(F)c5)cc4F)cc3n2)cn1. The molecule has 0 aliphatic rings. The molecule has 37 heavy (non-hydrogen) atoms. The van der Waals surface area contributed by atoms with Crippen LogP contribution >= 0.6 is 0 Å². The highest BCUT2D eigenvalue weighted by Gasteiger charge is 2.17. The summed E-state index contributed by atoms with van der Waals surface area (Å²) >= 11 is 0. The van der Waals surface area contributed by atoms with E-state index in [-0.39, 0.29) is 22.5 Å². The van der Waals surface area contributed by atoms with Crippen molar-refractivity contribution in [3.8, 4) is 11.3 Å². The summed E-state index contributed by atoms with van der Waals surface area (Å²) in [5.74, 6) is -1.85. The molecule has 0 saturated heterocycles. The molecule has 182 valence electrons. The van der Waals surface area contributed by atoms with E-state index >= 15 is 0 Å². The van der Waals surface area contributed by atoms with Gasteiger partial charge in [0.25, 0.3) is 0 Å². The number of rotatable bonds is 5. The first-order valence-corrected chi connectivity index (χ1v) is 11.2. The number of ketones is 1. The molecule has 0 radical (unpaired) electrons. The number of nitrogens with one attached hydrogen (secondary N) is 2. The molecule has 5 aromatic rings. The summed E-state index contributed by atoms with van der Waals surface area (Å²) in [5.41, 5.74) is 3.78. The Hall–Kier alpha value is -5.05. The normalized spacial score (nSPS) is 10.8. The molecule has 0 spiro atoms. The largest absolute Gasteiger partial charge is 0.323 e. The number of hydrogen-bond acceptors (Lipinski definition) is 5. The molecule has 0 bridgehead atoms. The molecule has 0 unspecified atom stereocenters. The van der Waals surface area contributed by atoms with Gasteiger partial charge >= 0.3 is 6.03 Å². The smallest absolute Gasteiger partial charge is 0.308 e. The highest BCUT2D eigenvalue weighted by atomic mass is 19.1. The summed E-state index contributed by atoms with van der Waals surface area (Å²) < 4.78 is 28.2. The van der Waals surface area contributed by atoms with Crippen molar-refractivity contribution in [1.29, 1.82) is 0 Å². The highest BCUT2D eigenvalue weighted by molar-refractivity contribution is 6.10. The van der Waals surface area contributed by atoms with Gasteiger partial charge in [0.2, 0.25) is 0 Å². The van der Waals surface area contributed by atoms with Crippen LogP contribution in [0.25, 0.3) is 22.3 Å². The molecule has 9 heteroatoms. The number of aromatic nitrogens is 3. The van der Waals surface area contributed by atoms with Crippen molar-refractivity contribution in [3.63, 3.8) is 0 Å². The lowest BCUT2D eigenvalue weighted by molar-refractivity contribution is 0.103. The summed E-state index contributed by atoms with van der Waals surface area (Å²) in [5, 5.41) is 4.91. The first-order valence-electron chi connectivity index (χ1n) is 11.2. The minimum absolute atomic E-state index is 0.128. The van der Waals surface area contributed by atoms with Gasteiger partial charge in [-0.1, -0.05) is 6.07 Å². The van der Waals surface area contributed by atoms with Gasteiger partial charge in [-0.2, -0.15) is 0 Å². The fraction of sp³-hybridized carbons (Fsp3) is 0.0357. The Morgan fingerprint density at radius 2 is 1.59 bits per heavy atom. The standard InChI is InChI=1S/C28H19F2N5O2/c1-16-5-6-18(14-31-16)26-15-32-24-10-7-17(11-25(24)35-26)27(36)22-9-8-21(13-23(22)30)34-28(37)33-20-4-2-3-19(29)12-20/h2-15H,1H3,(H2,33,34,37). The number of benzene rings is 3. The molecule has 0 aliphatic heterocycles. The van der Waals surface area contributed by atoms with E-state index in [9.17, 15) is 18.4 Å². The summed E-state index contributed by atoms with van der Waals surface area (Å²) in [6.07, 6.45) is 3.33. The van der Waals surface area contributed by atoms with E-state index in [2.05, 4.69) is 25.6 Å². The zero-order valence-corrected chi connectivity index (χ0v) is 19.5. The molecule has 7 nitrogen and oxygen atoms in total. The number of anilines is 2. The number of halogens is 2. The van der Waals surface area contributed by atoms with E-state index < -0.39 is 23.4 Å². The zero-order valence-electron chi connectivity index (χ0n) is 19.5. The minimum atomic E-state index is -0.806. The van der Waals surface area contributed by atoms with Gasteiger partial charge in [0.1, 0.15) is 11.6 Å². The minimum Gasteiger partial charge on any atom is -0.308 e. The van der Waals surface area contributed by atoms with Crippen molar-refractivity contribution < 1.29 is 18.4 Å². The average Bonchev–Trinajstić information content (AvgIpc) is 2.88. The third-order valence-corrected chi connectivity index (χ3v) is 5.57. The number of amides is 2. The van der Waals surface area contributed by atoms with E-state index in [1.165, 1.54) is 30.3 Å². The number of carbonyl (C=O) groups excluding carboxylic acids is 2. The molecule has 3 aromatic carbocycles. The van der Waals surface area contributed by atoms with Crippen molar-refractivity contribution in [2.24, 2.45) is 0 Å². The number of urea groups is 1. The van der Waals surface area contributed by atoms with Crippen LogP contribution < -0.4 is 10.6 Å². The van der Waals surface area contributed by atoms with Gasteiger partial charge in [-0.3, -0.25) is 14.8 Å². The maximum Gasteiger partial charge on any atom is 0.323 e. The summed E-state index contributed by atoms with van der Waals surface area (Å²) in [4.78, 5) is 38.5. The summed E-state index contributed by atoms with van der Waals surface area (Å²) in [6.45, 7) is 1.89. The van der Waals surface area contributed by atoms with Crippen molar-refractivity contribution in [2.45, 2.75) is 6.92 Å². The fourth-order valence-corrected chi connectivity index (χ4v) is 3.70. The molecule has 0 saturated carbocycles. The Kier molecular flexibility index (Phi) is 6.34. The lowest BCUT2D eigenvalue weighted by Gasteiger charge is -2.10. The van der Waals surface area contributed by atoms with E-state index in [1.54, 1.807) is 30.6 Å². The predicted molar refractivity (Wildman–Crippen MR) is 136 cm³/mol. The number of fused-ring (bicyclic) bond motifs is 1. The van der Waals surface area contributed by atoms with Gasteiger partial charge < -0.3 is 10.6 Å². The molecule has 2 aromatic heterocycles. The van der Waals surface area contributed by atoms with Crippen LogP contribution in [0.15, 0.2) is 85.2 Å². The second-order valence-corrected chi connectivity index (χ2v) is 8.26. The van der Waals surface area contributed by atoms with Crippen molar-refractivity contribution in [3.05, 3.63) is 114 Å². The van der Waals surface area contributed by atoms with Gasteiger partial charge in [0.15, 0.2) is 5.78 Å². The van der Waals surface area contributed by atoms with Gasteiger partial charge in [-0.05, 0) is 73.7 Å². The van der Waals surface area contributed by atoms with Gasteiger partial charge in [0, 0.05) is 34.4 Å². The zero-order chi connectivity index (χ0) is 25.9. The topological polar surface area (TPSA) is 96.9 Å². The Morgan fingerprint density at radius 3 is 2.32 bits per heavy atom. The third kappa shape index (κ3) is 5.30. The van der Waals surface area contributed by atoms with Crippen LogP contribution in [0.2, 0.25) is 0 Å². The van der Waals surface area contributed by atoms with Crippen LogP contribution in [0.5, 0.6) is 0 Å². The second-order valence-electron chi connectivity index (χ2n) is 8.26. The van der Waals surface area contributed by atoms with Crippen LogP contribution in [0.1, 0.15) is 21.6 Å². The predicted octanol–water partition coefficient (Wildman–Crippen LogP) is 6.15. The number of carbonyl (C=O) groups is 2. The summed E-state index contributed by atoms with van der Waals surface area (Å²) in [7, 11) is 0.